The van der Waals surface area contributed by atoms with Crippen molar-refractivity contribution < 1.29 is 13.9 Å². The van der Waals surface area contributed by atoms with Crippen LogP contribution >= 0.6 is 54.5 Å². The second kappa shape index (κ2) is 6.81. The van der Waals surface area contributed by atoms with E-state index in [1.165, 1.54) is 12.1 Å². The number of aliphatic hydroxyl groups excluding tert-OH is 1. The zero-order valence-corrected chi connectivity index (χ0v) is 15.3. The standard InChI is InChI=1S/C14H9Br2F2IO/c15-10-2-1-7(19)5-8(10)13(20)6-9-12(17)4-3-11(16)14(9)18/h1-5,13,20H,6H2. The first kappa shape index (κ1) is 16.3. The maximum Gasteiger partial charge on any atom is 0.143 e. The first-order chi connectivity index (χ1) is 9.40. The van der Waals surface area contributed by atoms with E-state index in [1.807, 2.05) is 6.07 Å². The SMILES string of the molecule is OC(Cc1c(F)ccc(Br)c1F)c1cc(I)ccc1Br. The Labute approximate surface area is 145 Å². The molecule has 0 aliphatic heterocycles. The molecule has 106 valence electrons. The quantitative estimate of drug-likeness (QED) is 0.429. The maximum absolute atomic E-state index is 13.9. The molecule has 1 N–H and O–H groups in total. The number of rotatable bonds is 3. The highest BCUT2D eigenvalue weighted by Gasteiger charge is 2.19. The van der Waals surface area contributed by atoms with E-state index in [-0.39, 0.29) is 16.5 Å². The van der Waals surface area contributed by atoms with Gasteiger partial charge in [-0.05, 0) is 74.4 Å². The molecule has 1 atom stereocenters. The Kier molecular flexibility index (Phi) is 5.56. The molecule has 0 aliphatic rings. The van der Waals surface area contributed by atoms with Crippen LogP contribution in [0.5, 0.6) is 0 Å². The van der Waals surface area contributed by atoms with Gasteiger partial charge in [0, 0.05) is 20.0 Å². The summed E-state index contributed by atoms with van der Waals surface area (Å²) >= 11 is 8.47. The van der Waals surface area contributed by atoms with Gasteiger partial charge in [-0.25, -0.2) is 8.78 Å². The van der Waals surface area contributed by atoms with E-state index in [1.54, 1.807) is 12.1 Å². The van der Waals surface area contributed by atoms with Gasteiger partial charge >= 0.3 is 0 Å². The predicted octanol–water partition coefficient (Wildman–Crippen LogP) is 5.37. The van der Waals surface area contributed by atoms with Gasteiger partial charge in [0.05, 0.1) is 10.6 Å². The topological polar surface area (TPSA) is 20.2 Å². The molecule has 0 fully saturated rings. The Hall–Kier alpha value is -0.0500. The highest BCUT2D eigenvalue weighted by Crippen LogP contribution is 2.30. The Morgan fingerprint density at radius 1 is 1.10 bits per heavy atom. The van der Waals surface area contributed by atoms with Crippen molar-refractivity contribution in [2.75, 3.05) is 0 Å². The van der Waals surface area contributed by atoms with Gasteiger partial charge in [-0.3, -0.25) is 0 Å². The summed E-state index contributed by atoms with van der Waals surface area (Å²) in [5, 5.41) is 10.2. The summed E-state index contributed by atoms with van der Waals surface area (Å²) in [6, 6.07) is 7.94. The van der Waals surface area contributed by atoms with Crippen LogP contribution in [0, 0.1) is 15.2 Å². The lowest BCUT2D eigenvalue weighted by molar-refractivity contribution is 0.174. The zero-order chi connectivity index (χ0) is 14.9. The Bertz CT molecular complexity index is 649. The lowest BCUT2D eigenvalue weighted by Crippen LogP contribution is -2.07. The molecule has 0 saturated heterocycles. The molecule has 0 aliphatic carbocycles. The minimum Gasteiger partial charge on any atom is -0.388 e. The zero-order valence-electron chi connectivity index (χ0n) is 10.0. The van der Waals surface area contributed by atoms with Crippen LogP contribution < -0.4 is 0 Å². The molecule has 1 nitrogen and oxygen atoms in total. The second-order valence-electron chi connectivity index (χ2n) is 4.21. The van der Waals surface area contributed by atoms with Gasteiger partial charge in [-0.1, -0.05) is 15.9 Å². The number of hydrogen-bond donors (Lipinski definition) is 1. The van der Waals surface area contributed by atoms with Crippen molar-refractivity contribution in [1.82, 2.24) is 0 Å². The monoisotopic (exact) mass is 516 g/mol. The number of aliphatic hydroxyl groups is 1. The van der Waals surface area contributed by atoms with E-state index in [0.717, 1.165) is 3.57 Å². The number of halogens is 5. The molecule has 0 amide bonds. The molecule has 0 bridgehead atoms. The van der Waals surface area contributed by atoms with Gasteiger partial charge in [0.2, 0.25) is 0 Å². The average Bonchev–Trinajstić information content (AvgIpc) is 2.41. The van der Waals surface area contributed by atoms with Gasteiger partial charge in [-0.2, -0.15) is 0 Å². The highest BCUT2D eigenvalue weighted by atomic mass is 127. The maximum atomic E-state index is 13.9. The van der Waals surface area contributed by atoms with Gasteiger partial charge in [0.25, 0.3) is 0 Å². The third-order valence-electron chi connectivity index (χ3n) is 2.85. The fourth-order valence-electron chi connectivity index (χ4n) is 1.83. The highest BCUT2D eigenvalue weighted by molar-refractivity contribution is 14.1. The largest absolute Gasteiger partial charge is 0.388 e. The third kappa shape index (κ3) is 3.58. The van der Waals surface area contributed by atoms with Crippen molar-refractivity contribution >= 4 is 54.5 Å². The Morgan fingerprint density at radius 2 is 1.75 bits per heavy atom. The molecule has 1 unspecified atom stereocenters. The summed E-state index contributed by atoms with van der Waals surface area (Å²) in [6.07, 6.45) is -1.12. The molecule has 20 heavy (non-hydrogen) atoms. The van der Waals surface area contributed by atoms with Crippen LogP contribution in [0.4, 0.5) is 8.78 Å². The normalized spacial score (nSPS) is 12.5. The molecular formula is C14H9Br2F2IO. The lowest BCUT2D eigenvalue weighted by atomic mass is 10.0. The summed E-state index contributed by atoms with van der Waals surface area (Å²) in [6.45, 7) is 0. The Morgan fingerprint density at radius 3 is 2.45 bits per heavy atom. The van der Waals surface area contributed by atoms with Gasteiger partial charge in [0.15, 0.2) is 0 Å². The van der Waals surface area contributed by atoms with E-state index in [0.29, 0.717) is 10.0 Å². The van der Waals surface area contributed by atoms with Gasteiger partial charge < -0.3 is 5.11 Å². The minimum atomic E-state index is -0.989. The fraction of sp³-hybridized carbons (Fsp3) is 0.143. The molecule has 0 heterocycles. The molecule has 2 aromatic carbocycles. The Balaban J connectivity index is 2.35. The predicted molar refractivity (Wildman–Crippen MR) is 89.6 cm³/mol. The van der Waals surface area contributed by atoms with Crippen molar-refractivity contribution in [2.24, 2.45) is 0 Å². The third-order valence-corrected chi connectivity index (χ3v) is 4.86. The average molecular weight is 518 g/mol. The molecule has 2 aromatic rings. The summed E-state index contributed by atoms with van der Waals surface area (Å²) in [4.78, 5) is 0. The summed E-state index contributed by atoms with van der Waals surface area (Å²) < 4.78 is 29.4. The molecule has 0 aromatic heterocycles. The molecule has 2 rings (SSSR count). The first-order valence-electron chi connectivity index (χ1n) is 5.65. The van der Waals surface area contributed by atoms with Crippen LogP contribution in [-0.4, -0.2) is 5.11 Å². The van der Waals surface area contributed by atoms with E-state index in [4.69, 9.17) is 0 Å². The van der Waals surface area contributed by atoms with Gasteiger partial charge in [-0.15, -0.1) is 0 Å². The van der Waals surface area contributed by atoms with Crippen molar-refractivity contribution in [2.45, 2.75) is 12.5 Å². The van der Waals surface area contributed by atoms with Crippen molar-refractivity contribution in [3.8, 4) is 0 Å². The van der Waals surface area contributed by atoms with Crippen molar-refractivity contribution in [1.29, 1.82) is 0 Å². The molecular weight excluding hydrogens is 509 g/mol. The molecule has 0 spiro atoms. The van der Waals surface area contributed by atoms with Crippen molar-refractivity contribution in [3.63, 3.8) is 0 Å². The lowest BCUT2D eigenvalue weighted by Gasteiger charge is -2.15. The van der Waals surface area contributed by atoms with E-state index >= 15 is 0 Å². The minimum absolute atomic E-state index is 0.127. The van der Waals surface area contributed by atoms with E-state index < -0.39 is 17.7 Å². The van der Waals surface area contributed by atoms with Crippen LogP contribution in [-0.2, 0) is 6.42 Å². The summed E-state index contributed by atoms with van der Waals surface area (Å²) in [5.41, 5.74) is 0.480. The molecule has 0 radical (unpaired) electrons. The van der Waals surface area contributed by atoms with Crippen LogP contribution in [0.15, 0.2) is 39.3 Å². The smallest absolute Gasteiger partial charge is 0.143 e. The summed E-state index contributed by atoms with van der Waals surface area (Å²) in [5.74, 6) is -1.34. The van der Waals surface area contributed by atoms with Crippen LogP contribution in [0.2, 0.25) is 0 Å². The molecule has 6 heteroatoms. The first-order valence-corrected chi connectivity index (χ1v) is 8.32. The van der Waals surface area contributed by atoms with E-state index in [9.17, 15) is 13.9 Å². The van der Waals surface area contributed by atoms with Crippen LogP contribution in [0.1, 0.15) is 17.2 Å². The molecule has 0 saturated carbocycles. The van der Waals surface area contributed by atoms with Gasteiger partial charge in [0.1, 0.15) is 11.6 Å². The summed E-state index contributed by atoms with van der Waals surface area (Å²) in [7, 11) is 0. The van der Waals surface area contributed by atoms with Crippen molar-refractivity contribution in [3.05, 3.63) is 65.6 Å². The fourth-order valence-corrected chi connectivity index (χ4v) is 3.23. The van der Waals surface area contributed by atoms with Crippen LogP contribution in [0.25, 0.3) is 0 Å². The van der Waals surface area contributed by atoms with E-state index in [2.05, 4.69) is 54.5 Å². The number of benzene rings is 2. The second-order valence-corrected chi connectivity index (χ2v) is 7.16. The number of hydrogen-bond acceptors (Lipinski definition) is 1. The van der Waals surface area contributed by atoms with Crippen LogP contribution in [0.3, 0.4) is 0 Å².